The van der Waals surface area contributed by atoms with Crippen LogP contribution in [0.15, 0.2) is 10.8 Å². The number of aliphatic hydroxyl groups excluding tert-OH is 1. The van der Waals surface area contributed by atoms with E-state index in [9.17, 15) is 13.5 Å². The molecule has 1 aromatic heterocycles. The molecule has 0 saturated carbocycles. The van der Waals surface area contributed by atoms with E-state index < -0.39 is 15.9 Å². The first-order valence-corrected chi connectivity index (χ1v) is 8.14. The normalized spacial score (nSPS) is 13.9. The van der Waals surface area contributed by atoms with Gasteiger partial charge in [-0.1, -0.05) is 6.92 Å². The van der Waals surface area contributed by atoms with Crippen molar-refractivity contribution in [3.63, 3.8) is 0 Å². The van der Waals surface area contributed by atoms with Gasteiger partial charge in [0.1, 0.15) is 9.84 Å². The van der Waals surface area contributed by atoms with E-state index in [-0.39, 0.29) is 11.5 Å². The molecule has 5 heteroatoms. The number of aryl methyl sites for hydroxylation is 1. The molecule has 0 aromatic carbocycles. The largest absolute Gasteiger partial charge is 0.388 e. The number of rotatable bonds is 6. The molecule has 0 bridgehead atoms. The van der Waals surface area contributed by atoms with Gasteiger partial charge < -0.3 is 5.11 Å². The monoisotopic (exact) mass is 262 g/mol. The summed E-state index contributed by atoms with van der Waals surface area (Å²) in [5.41, 5.74) is 2.01. The van der Waals surface area contributed by atoms with Gasteiger partial charge in [-0.3, -0.25) is 0 Å². The molecular weight excluding hydrogens is 244 g/mol. The van der Waals surface area contributed by atoms with Crippen LogP contribution in [0.3, 0.4) is 0 Å². The summed E-state index contributed by atoms with van der Waals surface area (Å²) < 4.78 is 22.5. The second kappa shape index (κ2) is 5.80. The Morgan fingerprint density at radius 2 is 2.12 bits per heavy atom. The van der Waals surface area contributed by atoms with E-state index in [0.717, 1.165) is 11.1 Å². The minimum absolute atomic E-state index is 0.170. The molecule has 1 rings (SSSR count). The van der Waals surface area contributed by atoms with E-state index in [2.05, 4.69) is 0 Å². The van der Waals surface area contributed by atoms with Crippen LogP contribution in [0.2, 0.25) is 0 Å². The molecule has 0 saturated heterocycles. The van der Waals surface area contributed by atoms with E-state index in [0.29, 0.717) is 12.8 Å². The van der Waals surface area contributed by atoms with Gasteiger partial charge in [0.25, 0.3) is 0 Å². The summed E-state index contributed by atoms with van der Waals surface area (Å²) in [6, 6.07) is 0. The highest BCUT2D eigenvalue weighted by atomic mass is 32.2. The summed E-state index contributed by atoms with van der Waals surface area (Å²) in [6.07, 6.45) is 0.502. The van der Waals surface area contributed by atoms with Crippen molar-refractivity contribution in [3.05, 3.63) is 21.9 Å². The summed E-state index contributed by atoms with van der Waals surface area (Å²) >= 11 is 1.56. The molecule has 0 aliphatic carbocycles. The Balaban J connectivity index is 2.43. The van der Waals surface area contributed by atoms with Crippen LogP contribution < -0.4 is 0 Å². The molecular formula is C11H18O3S2. The lowest BCUT2D eigenvalue weighted by Gasteiger charge is -2.10. The Morgan fingerprint density at radius 1 is 1.44 bits per heavy atom. The molecule has 0 aliphatic heterocycles. The van der Waals surface area contributed by atoms with Crippen LogP contribution in [-0.4, -0.2) is 25.0 Å². The highest BCUT2D eigenvalue weighted by molar-refractivity contribution is 7.91. The highest BCUT2D eigenvalue weighted by Crippen LogP contribution is 2.25. The number of aliphatic hydroxyl groups is 1. The van der Waals surface area contributed by atoms with Gasteiger partial charge in [-0.15, -0.1) is 0 Å². The minimum Gasteiger partial charge on any atom is -0.388 e. The molecule has 1 aromatic rings. The fraction of sp³-hybridized carbons (Fsp3) is 0.636. The van der Waals surface area contributed by atoms with Crippen LogP contribution in [0.5, 0.6) is 0 Å². The molecule has 3 nitrogen and oxygen atoms in total. The van der Waals surface area contributed by atoms with Gasteiger partial charge in [-0.05, 0) is 41.7 Å². The number of hydrogen-bond donors (Lipinski definition) is 1. The zero-order chi connectivity index (χ0) is 12.2. The van der Waals surface area contributed by atoms with Gasteiger partial charge in [-0.25, -0.2) is 8.42 Å². The molecule has 0 spiro atoms. The maximum absolute atomic E-state index is 11.3. The number of hydrogen-bond acceptors (Lipinski definition) is 4. The van der Waals surface area contributed by atoms with Crippen LogP contribution in [-0.2, 0) is 9.84 Å². The Bertz CT molecular complexity index is 420. The van der Waals surface area contributed by atoms with Crippen LogP contribution >= 0.6 is 11.3 Å². The van der Waals surface area contributed by atoms with Crippen molar-refractivity contribution in [3.8, 4) is 0 Å². The summed E-state index contributed by atoms with van der Waals surface area (Å²) in [5.74, 6) is 0.352. The lowest BCUT2D eigenvalue weighted by Crippen LogP contribution is -2.10. The Morgan fingerprint density at radius 3 is 2.62 bits per heavy atom. The molecule has 1 heterocycles. The molecule has 1 N–H and O–H groups in total. The fourth-order valence-electron chi connectivity index (χ4n) is 1.51. The predicted molar refractivity (Wildman–Crippen MR) is 67.6 cm³/mol. The van der Waals surface area contributed by atoms with Crippen molar-refractivity contribution in [1.82, 2.24) is 0 Å². The molecule has 0 fully saturated rings. The summed E-state index contributed by atoms with van der Waals surface area (Å²) in [7, 11) is -2.90. The summed E-state index contributed by atoms with van der Waals surface area (Å²) in [4.78, 5) is 0. The van der Waals surface area contributed by atoms with Crippen molar-refractivity contribution in [2.75, 3.05) is 11.5 Å². The van der Waals surface area contributed by atoms with Crippen LogP contribution in [0, 0.1) is 6.92 Å². The van der Waals surface area contributed by atoms with Gasteiger partial charge in [-0.2, -0.15) is 11.3 Å². The second-order valence-corrected chi connectivity index (χ2v) is 7.12. The molecule has 16 heavy (non-hydrogen) atoms. The van der Waals surface area contributed by atoms with Crippen molar-refractivity contribution < 1.29 is 13.5 Å². The predicted octanol–water partition coefficient (Wildman–Crippen LogP) is 2.30. The molecule has 0 radical (unpaired) electrons. The first-order chi connectivity index (χ1) is 7.46. The van der Waals surface area contributed by atoms with Gasteiger partial charge in [0.15, 0.2) is 0 Å². The summed E-state index contributed by atoms with van der Waals surface area (Å²) in [6.45, 7) is 3.60. The van der Waals surface area contributed by atoms with Gasteiger partial charge in [0, 0.05) is 5.75 Å². The van der Waals surface area contributed by atoms with Gasteiger partial charge in [0.2, 0.25) is 0 Å². The average Bonchev–Trinajstić information content (AvgIpc) is 2.64. The van der Waals surface area contributed by atoms with E-state index in [1.54, 1.807) is 18.3 Å². The third-order valence-electron chi connectivity index (χ3n) is 2.63. The molecule has 0 aliphatic rings. The third-order valence-corrected chi connectivity index (χ3v) is 5.30. The number of thiophene rings is 1. The molecule has 0 amide bonds. The quantitative estimate of drug-likeness (QED) is 0.856. The maximum Gasteiger partial charge on any atom is 0.150 e. The van der Waals surface area contributed by atoms with Crippen molar-refractivity contribution in [2.24, 2.45) is 0 Å². The minimum atomic E-state index is -2.90. The van der Waals surface area contributed by atoms with Crippen molar-refractivity contribution in [1.29, 1.82) is 0 Å². The smallest absolute Gasteiger partial charge is 0.150 e. The zero-order valence-corrected chi connectivity index (χ0v) is 11.3. The lowest BCUT2D eigenvalue weighted by molar-refractivity contribution is 0.166. The van der Waals surface area contributed by atoms with E-state index in [4.69, 9.17) is 0 Å². The summed E-state index contributed by atoms with van der Waals surface area (Å²) in [5, 5.41) is 13.8. The molecule has 92 valence electrons. The van der Waals surface area contributed by atoms with Crippen LogP contribution in [0.4, 0.5) is 0 Å². The van der Waals surface area contributed by atoms with Crippen LogP contribution in [0.1, 0.15) is 37.0 Å². The van der Waals surface area contributed by atoms with Crippen molar-refractivity contribution >= 4 is 21.2 Å². The fourth-order valence-corrected chi connectivity index (χ4v) is 3.30. The maximum atomic E-state index is 11.3. The highest BCUT2D eigenvalue weighted by Gasteiger charge is 2.13. The first-order valence-electron chi connectivity index (χ1n) is 5.37. The third kappa shape index (κ3) is 3.88. The van der Waals surface area contributed by atoms with Gasteiger partial charge >= 0.3 is 0 Å². The van der Waals surface area contributed by atoms with Gasteiger partial charge in [0.05, 0.1) is 11.9 Å². The first kappa shape index (κ1) is 13.7. The lowest BCUT2D eigenvalue weighted by atomic mass is 10.1. The Hall–Kier alpha value is -0.390. The zero-order valence-electron chi connectivity index (χ0n) is 9.64. The number of sulfone groups is 1. The van der Waals surface area contributed by atoms with E-state index in [1.165, 1.54) is 0 Å². The van der Waals surface area contributed by atoms with Crippen molar-refractivity contribution in [2.45, 2.75) is 32.8 Å². The average molecular weight is 262 g/mol. The Labute approximate surface area is 101 Å². The molecule has 1 unspecified atom stereocenters. The standard InChI is InChI=1S/C11H18O3S2/c1-3-16(13,14)6-4-5-11(12)10-8-15-7-9(10)2/h7-8,11-12H,3-6H2,1-2H3. The molecule has 1 atom stereocenters. The van der Waals surface area contributed by atoms with Crippen LogP contribution in [0.25, 0.3) is 0 Å². The topological polar surface area (TPSA) is 54.4 Å². The SMILES string of the molecule is CCS(=O)(=O)CCCC(O)c1cscc1C. The second-order valence-electron chi connectivity index (χ2n) is 3.90. The van der Waals surface area contributed by atoms with E-state index >= 15 is 0 Å². The Kier molecular flexibility index (Phi) is 4.95. The van der Waals surface area contributed by atoms with E-state index in [1.807, 2.05) is 17.7 Å².